The van der Waals surface area contributed by atoms with Gasteiger partial charge in [0.1, 0.15) is 5.69 Å². The van der Waals surface area contributed by atoms with Crippen LogP contribution in [0, 0.1) is 0 Å². The molecule has 1 amide bonds. The van der Waals surface area contributed by atoms with Crippen LogP contribution in [0.4, 0.5) is 5.69 Å². The van der Waals surface area contributed by atoms with Gasteiger partial charge in [-0.2, -0.15) is 0 Å². The van der Waals surface area contributed by atoms with Gasteiger partial charge in [-0.15, -0.1) is 5.10 Å². The van der Waals surface area contributed by atoms with Gasteiger partial charge in [-0.1, -0.05) is 41.6 Å². The lowest BCUT2D eigenvalue weighted by molar-refractivity contribution is 0.102. The predicted molar refractivity (Wildman–Crippen MR) is 93.5 cm³/mol. The Morgan fingerprint density at radius 2 is 1.64 bits per heavy atom. The van der Waals surface area contributed by atoms with Crippen LogP contribution in [0.1, 0.15) is 10.5 Å². The number of carbonyl (C=O) groups is 1. The Balaban J connectivity index is 1.78. The van der Waals surface area contributed by atoms with Crippen molar-refractivity contribution in [2.24, 2.45) is 0 Å². The van der Waals surface area contributed by atoms with Crippen LogP contribution in [-0.2, 0) is 0 Å². The van der Waals surface area contributed by atoms with Gasteiger partial charge >= 0.3 is 0 Å². The van der Waals surface area contributed by atoms with Crippen LogP contribution in [0.3, 0.4) is 0 Å². The van der Waals surface area contributed by atoms with Crippen LogP contribution in [0.25, 0.3) is 17.1 Å². The number of hydrogen-bond acceptors (Lipinski definition) is 4. The van der Waals surface area contributed by atoms with Gasteiger partial charge in [0.25, 0.3) is 5.91 Å². The van der Waals surface area contributed by atoms with Crippen molar-refractivity contribution in [3.05, 3.63) is 84.8 Å². The SMILES string of the molecule is O=C(Nc1ccccc1)c1nnn(-c2ccccc2)c1-c1ccco1. The number of furan rings is 1. The molecular formula is C19H14N4O2. The second-order valence-corrected chi connectivity index (χ2v) is 5.33. The third-order valence-electron chi connectivity index (χ3n) is 3.67. The minimum absolute atomic E-state index is 0.197. The Hall–Kier alpha value is -3.67. The van der Waals surface area contributed by atoms with Gasteiger partial charge in [0.2, 0.25) is 0 Å². The van der Waals surface area contributed by atoms with E-state index < -0.39 is 0 Å². The van der Waals surface area contributed by atoms with Crippen molar-refractivity contribution in [2.45, 2.75) is 0 Å². The largest absolute Gasteiger partial charge is 0.463 e. The van der Waals surface area contributed by atoms with Crippen LogP contribution in [0.5, 0.6) is 0 Å². The van der Waals surface area contributed by atoms with E-state index in [0.717, 1.165) is 5.69 Å². The highest BCUT2D eigenvalue weighted by molar-refractivity contribution is 6.06. The monoisotopic (exact) mass is 330 g/mol. The zero-order valence-electron chi connectivity index (χ0n) is 13.2. The molecule has 2 heterocycles. The van der Waals surface area contributed by atoms with E-state index in [0.29, 0.717) is 17.1 Å². The van der Waals surface area contributed by atoms with E-state index in [1.165, 1.54) is 0 Å². The van der Waals surface area contributed by atoms with Gasteiger partial charge in [0.15, 0.2) is 11.5 Å². The first kappa shape index (κ1) is 14.9. The van der Waals surface area contributed by atoms with Crippen molar-refractivity contribution < 1.29 is 9.21 Å². The molecule has 0 fully saturated rings. The van der Waals surface area contributed by atoms with E-state index in [4.69, 9.17) is 4.42 Å². The Morgan fingerprint density at radius 1 is 0.920 bits per heavy atom. The average Bonchev–Trinajstić information content (AvgIpc) is 3.32. The first-order chi connectivity index (χ1) is 12.3. The van der Waals surface area contributed by atoms with E-state index in [-0.39, 0.29) is 11.6 Å². The third-order valence-corrected chi connectivity index (χ3v) is 3.67. The number of rotatable bonds is 4. The van der Waals surface area contributed by atoms with E-state index in [2.05, 4.69) is 15.6 Å². The summed E-state index contributed by atoms with van der Waals surface area (Å²) in [5.74, 6) is 0.173. The molecule has 0 saturated carbocycles. The summed E-state index contributed by atoms with van der Waals surface area (Å²) in [5, 5.41) is 11.1. The summed E-state index contributed by atoms with van der Waals surface area (Å²) in [7, 11) is 0. The minimum Gasteiger partial charge on any atom is -0.463 e. The summed E-state index contributed by atoms with van der Waals surface area (Å²) in [4.78, 5) is 12.7. The molecule has 2 aromatic carbocycles. The van der Waals surface area contributed by atoms with E-state index in [1.54, 1.807) is 23.1 Å². The van der Waals surface area contributed by atoms with E-state index in [9.17, 15) is 4.79 Å². The summed E-state index contributed by atoms with van der Waals surface area (Å²) < 4.78 is 7.10. The average molecular weight is 330 g/mol. The van der Waals surface area contributed by atoms with Gasteiger partial charge < -0.3 is 9.73 Å². The van der Waals surface area contributed by atoms with Crippen LogP contribution in [0.15, 0.2) is 83.5 Å². The number of para-hydroxylation sites is 2. The first-order valence-electron chi connectivity index (χ1n) is 7.74. The lowest BCUT2D eigenvalue weighted by Gasteiger charge is -2.06. The molecule has 6 nitrogen and oxygen atoms in total. The molecule has 0 radical (unpaired) electrons. The lowest BCUT2D eigenvalue weighted by Crippen LogP contribution is -2.14. The highest BCUT2D eigenvalue weighted by atomic mass is 16.3. The Bertz CT molecular complexity index is 977. The first-order valence-corrected chi connectivity index (χ1v) is 7.74. The molecule has 0 spiro atoms. The van der Waals surface area contributed by atoms with Crippen LogP contribution < -0.4 is 5.32 Å². The fraction of sp³-hybridized carbons (Fsp3) is 0. The molecule has 0 unspecified atom stereocenters. The Morgan fingerprint density at radius 3 is 2.32 bits per heavy atom. The standard InChI is InChI=1S/C19H14N4O2/c24-19(20-14-8-3-1-4-9-14)17-18(16-12-7-13-25-16)23(22-21-17)15-10-5-2-6-11-15/h1-13H,(H,20,24). The van der Waals surface area contributed by atoms with Gasteiger partial charge in [-0.25, -0.2) is 4.68 Å². The van der Waals surface area contributed by atoms with Gasteiger partial charge in [-0.3, -0.25) is 4.79 Å². The molecule has 2 aromatic heterocycles. The number of amides is 1. The number of aromatic nitrogens is 3. The van der Waals surface area contributed by atoms with Gasteiger partial charge in [0.05, 0.1) is 12.0 Å². The molecule has 0 aliphatic carbocycles. The van der Waals surface area contributed by atoms with Crippen LogP contribution in [-0.4, -0.2) is 20.9 Å². The van der Waals surface area contributed by atoms with Crippen LogP contribution in [0.2, 0.25) is 0 Å². The number of benzene rings is 2. The third kappa shape index (κ3) is 2.92. The summed E-state index contributed by atoms with van der Waals surface area (Å²) in [6.07, 6.45) is 1.55. The summed E-state index contributed by atoms with van der Waals surface area (Å²) >= 11 is 0. The second kappa shape index (κ2) is 6.45. The molecule has 0 bridgehead atoms. The van der Waals surface area contributed by atoms with Crippen molar-refractivity contribution in [2.75, 3.05) is 5.32 Å². The van der Waals surface area contributed by atoms with E-state index in [1.807, 2.05) is 60.7 Å². The maximum atomic E-state index is 12.7. The molecule has 122 valence electrons. The predicted octanol–water partition coefficient (Wildman–Crippen LogP) is 3.78. The highest BCUT2D eigenvalue weighted by Crippen LogP contribution is 2.26. The Labute approximate surface area is 143 Å². The smallest absolute Gasteiger partial charge is 0.278 e. The topological polar surface area (TPSA) is 73.0 Å². The summed E-state index contributed by atoms with van der Waals surface area (Å²) in [6, 6.07) is 22.2. The molecule has 0 saturated heterocycles. The summed E-state index contributed by atoms with van der Waals surface area (Å²) in [6.45, 7) is 0. The fourth-order valence-electron chi connectivity index (χ4n) is 2.53. The maximum Gasteiger partial charge on any atom is 0.278 e. The zero-order valence-corrected chi connectivity index (χ0v) is 13.2. The van der Waals surface area contributed by atoms with E-state index >= 15 is 0 Å². The Kier molecular flexibility index (Phi) is 3.84. The molecule has 25 heavy (non-hydrogen) atoms. The molecule has 1 N–H and O–H groups in total. The molecule has 4 aromatic rings. The zero-order chi connectivity index (χ0) is 17.1. The summed E-state index contributed by atoms with van der Waals surface area (Å²) in [5.41, 5.74) is 2.18. The normalized spacial score (nSPS) is 10.6. The quantitative estimate of drug-likeness (QED) is 0.618. The van der Waals surface area contributed by atoms with Crippen LogP contribution >= 0.6 is 0 Å². The number of anilines is 1. The fourth-order valence-corrected chi connectivity index (χ4v) is 2.53. The second-order valence-electron chi connectivity index (χ2n) is 5.33. The van der Waals surface area contributed by atoms with Crippen molar-refractivity contribution in [3.63, 3.8) is 0 Å². The molecule has 0 aliphatic heterocycles. The highest BCUT2D eigenvalue weighted by Gasteiger charge is 2.24. The molecule has 4 rings (SSSR count). The van der Waals surface area contributed by atoms with Crippen molar-refractivity contribution in [3.8, 4) is 17.1 Å². The van der Waals surface area contributed by atoms with Crippen molar-refractivity contribution >= 4 is 11.6 Å². The molecule has 0 atom stereocenters. The number of nitrogens with one attached hydrogen (secondary N) is 1. The van der Waals surface area contributed by atoms with Gasteiger partial charge in [0, 0.05) is 5.69 Å². The van der Waals surface area contributed by atoms with Crippen molar-refractivity contribution in [1.29, 1.82) is 0 Å². The number of carbonyl (C=O) groups excluding carboxylic acids is 1. The van der Waals surface area contributed by atoms with Gasteiger partial charge in [-0.05, 0) is 36.4 Å². The number of hydrogen-bond donors (Lipinski definition) is 1. The molecule has 6 heteroatoms. The number of nitrogens with zero attached hydrogens (tertiary/aromatic N) is 3. The van der Waals surface area contributed by atoms with Crippen molar-refractivity contribution in [1.82, 2.24) is 15.0 Å². The lowest BCUT2D eigenvalue weighted by atomic mass is 10.2. The molecular weight excluding hydrogens is 316 g/mol. The molecule has 0 aliphatic rings. The maximum absolute atomic E-state index is 12.7. The minimum atomic E-state index is -0.347.